The average Bonchev–Trinajstić information content (AvgIpc) is 2.32. The Bertz CT molecular complexity index is 346. The summed E-state index contributed by atoms with van der Waals surface area (Å²) in [5, 5.41) is 3.81. The third-order valence-corrected chi connectivity index (χ3v) is 3.07. The number of hydrogen-bond donors (Lipinski definition) is 1. The Morgan fingerprint density at radius 2 is 2.24 bits per heavy atom. The Balaban J connectivity index is 2.57. The van der Waals surface area contributed by atoms with E-state index in [1.54, 1.807) is 6.07 Å². The summed E-state index contributed by atoms with van der Waals surface area (Å²) in [5.41, 5.74) is 0.836. The van der Waals surface area contributed by atoms with Gasteiger partial charge in [-0.1, -0.05) is 11.6 Å². The molecule has 0 aromatic heterocycles. The highest BCUT2D eigenvalue weighted by molar-refractivity contribution is 6.31. The molecule has 0 saturated heterocycles. The van der Waals surface area contributed by atoms with Crippen LogP contribution in [0.4, 0.5) is 4.39 Å². The maximum Gasteiger partial charge on any atom is 0.123 e. The summed E-state index contributed by atoms with van der Waals surface area (Å²) in [7, 11) is 1.89. The van der Waals surface area contributed by atoms with Gasteiger partial charge in [0.15, 0.2) is 0 Å². The molecule has 4 heteroatoms. The molecule has 0 heterocycles. The number of benzene rings is 1. The first-order valence-electron chi connectivity index (χ1n) is 5.86. The summed E-state index contributed by atoms with van der Waals surface area (Å²) in [4.78, 5) is 0. The van der Waals surface area contributed by atoms with Crippen LogP contribution in [0.5, 0.6) is 0 Å². The van der Waals surface area contributed by atoms with E-state index in [2.05, 4.69) is 5.32 Å². The number of nitrogens with one attached hydrogen (secondary N) is 1. The second kappa shape index (κ2) is 7.64. The lowest BCUT2D eigenvalue weighted by molar-refractivity contribution is 0.137. The van der Waals surface area contributed by atoms with Crippen LogP contribution in [-0.4, -0.2) is 26.3 Å². The Labute approximate surface area is 107 Å². The van der Waals surface area contributed by atoms with Crippen LogP contribution in [0, 0.1) is 5.82 Å². The van der Waals surface area contributed by atoms with Crippen molar-refractivity contribution in [2.45, 2.75) is 25.8 Å². The van der Waals surface area contributed by atoms with Crippen LogP contribution in [0.3, 0.4) is 0 Å². The van der Waals surface area contributed by atoms with E-state index in [9.17, 15) is 4.39 Å². The number of ether oxygens (including phenoxy) is 1. The lowest BCUT2D eigenvalue weighted by Gasteiger charge is -2.16. The monoisotopic (exact) mass is 259 g/mol. The lowest BCUT2D eigenvalue weighted by Crippen LogP contribution is -2.29. The first kappa shape index (κ1) is 14.4. The Morgan fingerprint density at radius 1 is 1.47 bits per heavy atom. The van der Waals surface area contributed by atoms with Gasteiger partial charge >= 0.3 is 0 Å². The van der Waals surface area contributed by atoms with Crippen LogP contribution in [0.25, 0.3) is 0 Å². The molecule has 1 rings (SSSR count). The molecule has 17 heavy (non-hydrogen) atoms. The van der Waals surface area contributed by atoms with Gasteiger partial charge in [0.25, 0.3) is 0 Å². The van der Waals surface area contributed by atoms with Crippen molar-refractivity contribution in [2.24, 2.45) is 0 Å². The smallest absolute Gasteiger partial charge is 0.123 e. The Kier molecular flexibility index (Phi) is 6.48. The minimum atomic E-state index is -0.246. The first-order chi connectivity index (χ1) is 8.17. The highest BCUT2D eigenvalue weighted by atomic mass is 35.5. The molecule has 0 saturated carbocycles. The summed E-state index contributed by atoms with van der Waals surface area (Å²) < 4.78 is 18.4. The minimum absolute atomic E-state index is 0.246. The Hall–Kier alpha value is -0.640. The van der Waals surface area contributed by atoms with E-state index in [-0.39, 0.29) is 11.9 Å². The van der Waals surface area contributed by atoms with Crippen LogP contribution in [0.2, 0.25) is 5.02 Å². The molecule has 0 spiro atoms. The van der Waals surface area contributed by atoms with Gasteiger partial charge in [0, 0.05) is 24.3 Å². The fraction of sp³-hybridized carbons (Fsp3) is 0.538. The van der Waals surface area contributed by atoms with E-state index in [1.165, 1.54) is 12.1 Å². The SMILES string of the molecule is CCOCCC(Cc1cc(F)ccc1Cl)NC. The zero-order valence-corrected chi connectivity index (χ0v) is 11.1. The van der Waals surface area contributed by atoms with Crippen molar-refractivity contribution in [3.8, 4) is 0 Å². The van der Waals surface area contributed by atoms with E-state index in [1.807, 2.05) is 14.0 Å². The third-order valence-electron chi connectivity index (χ3n) is 2.70. The van der Waals surface area contributed by atoms with Crippen molar-refractivity contribution in [1.82, 2.24) is 5.32 Å². The fourth-order valence-electron chi connectivity index (χ4n) is 1.68. The predicted molar refractivity (Wildman–Crippen MR) is 69.1 cm³/mol. The highest BCUT2D eigenvalue weighted by Gasteiger charge is 2.10. The van der Waals surface area contributed by atoms with Gasteiger partial charge in [-0.15, -0.1) is 0 Å². The molecule has 1 unspecified atom stereocenters. The zero-order chi connectivity index (χ0) is 12.7. The molecule has 0 bridgehead atoms. The van der Waals surface area contributed by atoms with Crippen LogP contribution >= 0.6 is 11.6 Å². The molecule has 1 atom stereocenters. The van der Waals surface area contributed by atoms with Gasteiger partial charge in [-0.05, 0) is 50.6 Å². The predicted octanol–water partition coefficient (Wildman–Crippen LogP) is 3.04. The van der Waals surface area contributed by atoms with Crippen molar-refractivity contribution in [2.75, 3.05) is 20.3 Å². The van der Waals surface area contributed by atoms with Gasteiger partial charge in [0.1, 0.15) is 5.82 Å². The maximum absolute atomic E-state index is 13.1. The number of halogens is 2. The minimum Gasteiger partial charge on any atom is -0.382 e. The van der Waals surface area contributed by atoms with Gasteiger partial charge < -0.3 is 10.1 Å². The molecule has 0 aliphatic heterocycles. The first-order valence-corrected chi connectivity index (χ1v) is 6.24. The van der Waals surface area contributed by atoms with E-state index in [4.69, 9.17) is 16.3 Å². The van der Waals surface area contributed by atoms with E-state index in [0.717, 1.165) is 18.6 Å². The normalized spacial score (nSPS) is 12.7. The van der Waals surface area contributed by atoms with Crippen molar-refractivity contribution < 1.29 is 9.13 Å². The summed E-state index contributed by atoms with van der Waals surface area (Å²) in [6.45, 7) is 3.39. The Morgan fingerprint density at radius 3 is 2.88 bits per heavy atom. The quantitative estimate of drug-likeness (QED) is 0.760. The van der Waals surface area contributed by atoms with Crippen molar-refractivity contribution in [3.05, 3.63) is 34.6 Å². The number of rotatable bonds is 7. The molecule has 1 aromatic rings. The fourth-order valence-corrected chi connectivity index (χ4v) is 1.88. The standard InChI is InChI=1S/C13H19ClFNO/c1-3-17-7-6-12(16-2)9-10-8-11(15)4-5-13(10)14/h4-5,8,12,16H,3,6-7,9H2,1-2H3. The largest absolute Gasteiger partial charge is 0.382 e. The molecule has 1 aromatic carbocycles. The topological polar surface area (TPSA) is 21.3 Å². The van der Waals surface area contributed by atoms with E-state index >= 15 is 0 Å². The third kappa shape index (κ3) is 5.02. The van der Waals surface area contributed by atoms with Crippen LogP contribution in [-0.2, 0) is 11.2 Å². The maximum atomic E-state index is 13.1. The van der Waals surface area contributed by atoms with Gasteiger partial charge in [0.2, 0.25) is 0 Å². The molecule has 1 N–H and O–H groups in total. The van der Waals surface area contributed by atoms with Gasteiger partial charge in [0.05, 0.1) is 0 Å². The highest BCUT2D eigenvalue weighted by Crippen LogP contribution is 2.19. The van der Waals surface area contributed by atoms with Crippen molar-refractivity contribution >= 4 is 11.6 Å². The summed E-state index contributed by atoms with van der Waals surface area (Å²) >= 11 is 6.03. The molecule has 0 radical (unpaired) electrons. The number of likely N-dealkylation sites (N-methyl/N-ethyl adjacent to an activating group) is 1. The molecular formula is C13H19ClFNO. The summed E-state index contributed by atoms with van der Waals surface area (Å²) in [6, 6.07) is 4.72. The van der Waals surface area contributed by atoms with E-state index < -0.39 is 0 Å². The van der Waals surface area contributed by atoms with Crippen LogP contribution in [0.15, 0.2) is 18.2 Å². The molecule has 96 valence electrons. The van der Waals surface area contributed by atoms with Crippen molar-refractivity contribution in [1.29, 1.82) is 0 Å². The van der Waals surface area contributed by atoms with Gasteiger partial charge in [-0.25, -0.2) is 4.39 Å². The second-order valence-corrected chi connectivity index (χ2v) is 4.32. The van der Waals surface area contributed by atoms with E-state index in [0.29, 0.717) is 18.1 Å². The summed E-state index contributed by atoms with van der Waals surface area (Å²) in [6.07, 6.45) is 1.59. The summed E-state index contributed by atoms with van der Waals surface area (Å²) in [5.74, 6) is -0.246. The zero-order valence-electron chi connectivity index (χ0n) is 10.3. The second-order valence-electron chi connectivity index (χ2n) is 3.91. The van der Waals surface area contributed by atoms with Crippen LogP contribution in [0.1, 0.15) is 18.9 Å². The average molecular weight is 260 g/mol. The van der Waals surface area contributed by atoms with Crippen LogP contribution < -0.4 is 5.32 Å². The molecule has 0 aliphatic rings. The molecule has 0 amide bonds. The molecule has 0 fully saturated rings. The van der Waals surface area contributed by atoms with Gasteiger partial charge in [-0.2, -0.15) is 0 Å². The number of hydrogen-bond acceptors (Lipinski definition) is 2. The van der Waals surface area contributed by atoms with Crippen molar-refractivity contribution in [3.63, 3.8) is 0 Å². The molecule has 0 aliphatic carbocycles. The lowest BCUT2D eigenvalue weighted by atomic mass is 10.0. The molecular weight excluding hydrogens is 241 g/mol. The van der Waals surface area contributed by atoms with Gasteiger partial charge in [-0.3, -0.25) is 0 Å². The molecule has 2 nitrogen and oxygen atoms in total.